The van der Waals surface area contributed by atoms with Crippen LogP contribution in [0.25, 0.3) is 0 Å². The zero-order valence-electron chi connectivity index (χ0n) is 25.5. The third-order valence-electron chi connectivity index (χ3n) is 9.96. The lowest BCUT2D eigenvalue weighted by Gasteiger charge is -2.62. The first kappa shape index (κ1) is 30.0. The Bertz CT molecular complexity index is 1350. The molecule has 2 heterocycles. The Labute approximate surface area is 260 Å². The lowest BCUT2D eigenvalue weighted by Crippen LogP contribution is -2.62. The second-order valence-corrected chi connectivity index (χ2v) is 14.7. The average molecular weight is 606 g/mol. The molecule has 43 heavy (non-hydrogen) atoms. The monoisotopic (exact) mass is 605 g/mol. The van der Waals surface area contributed by atoms with Crippen molar-refractivity contribution in [1.29, 1.82) is 5.26 Å². The SMILES string of the molecule is CC(C)(C)OC(=O)NC1CCN(C2[C@@H]3CC4C[C@H]2CC(CNc2nc(NCc5ccccc5Cl)ncc2C#N)(C4)C3)CC1. The van der Waals surface area contributed by atoms with Crippen molar-refractivity contribution >= 4 is 29.5 Å². The summed E-state index contributed by atoms with van der Waals surface area (Å²) < 4.78 is 5.48. The number of carbonyl (C=O) groups excluding carboxylic acids is 1. The number of hydrogen-bond acceptors (Lipinski definition) is 8. The largest absolute Gasteiger partial charge is 0.444 e. The van der Waals surface area contributed by atoms with Crippen molar-refractivity contribution in [2.75, 3.05) is 30.3 Å². The Kier molecular flexibility index (Phi) is 8.45. The summed E-state index contributed by atoms with van der Waals surface area (Å²) in [5, 5.41) is 20.4. The second-order valence-electron chi connectivity index (χ2n) is 14.3. The van der Waals surface area contributed by atoms with Gasteiger partial charge in [-0.1, -0.05) is 29.8 Å². The maximum atomic E-state index is 12.3. The van der Waals surface area contributed by atoms with E-state index in [9.17, 15) is 10.1 Å². The first-order chi connectivity index (χ1) is 20.6. The van der Waals surface area contributed by atoms with Crippen LogP contribution < -0.4 is 16.0 Å². The molecule has 9 nitrogen and oxygen atoms in total. The van der Waals surface area contributed by atoms with Crippen LogP contribution in [0.3, 0.4) is 0 Å². The van der Waals surface area contributed by atoms with E-state index < -0.39 is 5.60 Å². The van der Waals surface area contributed by atoms with E-state index in [2.05, 4.69) is 31.9 Å². The van der Waals surface area contributed by atoms with Crippen molar-refractivity contribution < 1.29 is 9.53 Å². The van der Waals surface area contributed by atoms with Gasteiger partial charge < -0.3 is 20.7 Å². The number of piperidine rings is 1. The van der Waals surface area contributed by atoms with Gasteiger partial charge in [-0.3, -0.25) is 4.90 Å². The number of nitrogens with zero attached hydrogens (tertiary/aromatic N) is 4. The second kappa shape index (κ2) is 12.1. The van der Waals surface area contributed by atoms with Crippen LogP contribution in [0.2, 0.25) is 5.02 Å². The fourth-order valence-electron chi connectivity index (χ4n) is 8.57. The van der Waals surface area contributed by atoms with Crippen molar-refractivity contribution in [3.05, 3.63) is 46.6 Å². The highest BCUT2D eigenvalue weighted by Gasteiger charge is 2.56. The van der Waals surface area contributed by atoms with Crippen LogP contribution in [0, 0.1) is 34.5 Å². The van der Waals surface area contributed by atoms with Crippen molar-refractivity contribution in [3.63, 3.8) is 0 Å². The number of benzene rings is 1. The molecule has 1 aliphatic heterocycles. The smallest absolute Gasteiger partial charge is 0.407 e. The van der Waals surface area contributed by atoms with E-state index in [4.69, 9.17) is 21.3 Å². The highest BCUT2D eigenvalue weighted by molar-refractivity contribution is 6.31. The van der Waals surface area contributed by atoms with Gasteiger partial charge in [-0.2, -0.15) is 10.2 Å². The molecule has 7 rings (SSSR count). The van der Waals surface area contributed by atoms with E-state index in [1.165, 1.54) is 32.1 Å². The number of amides is 1. The molecule has 3 unspecified atom stereocenters. The molecule has 4 bridgehead atoms. The van der Waals surface area contributed by atoms with Crippen LogP contribution in [0.5, 0.6) is 0 Å². The molecule has 5 aliphatic rings. The number of anilines is 2. The summed E-state index contributed by atoms with van der Waals surface area (Å²) in [5.74, 6) is 3.28. The van der Waals surface area contributed by atoms with Crippen molar-refractivity contribution in [1.82, 2.24) is 20.2 Å². The van der Waals surface area contributed by atoms with Gasteiger partial charge in [0.05, 0.1) is 6.20 Å². The summed E-state index contributed by atoms with van der Waals surface area (Å²) in [4.78, 5) is 24.1. The van der Waals surface area contributed by atoms with Crippen LogP contribution >= 0.6 is 11.6 Å². The molecule has 0 spiro atoms. The standard InChI is InChI=1S/C33H44ClN7O2/c1-32(2,3)43-31(42)39-26-8-10-41(11-9-26)28-23-12-21-13-24(28)16-33(14-21,15-23)20-38-29-25(17-35)19-37-30(40-29)36-18-22-6-4-5-7-27(22)34/h4-7,19,21,23-24,26,28H,8-16,18,20H2,1-3H3,(H,39,42)(H2,36,37,38,40)/t21?,23-,24+,28?,33?. The molecule has 0 radical (unpaired) electrons. The van der Waals surface area contributed by atoms with Gasteiger partial charge >= 0.3 is 6.09 Å². The van der Waals surface area contributed by atoms with Crippen LogP contribution in [0.4, 0.5) is 16.6 Å². The molecule has 1 aromatic heterocycles. The molecule has 1 amide bonds. The molecular weight excluding hydrogens is 562 g/mol. The van der Waals surface area contributed by atoms with Crippen LogP contribution in [-0.4, -0.2) is 58.3 Å². The summed E-state index contributed by atoms with van der Waals surface area (Å²) in [6.45, 7) is 9.11. The van der Waals surface area contributed by atoms with Gasteiger partial charge in [0.25, 0.3) is 0 Å². The molecule has 230 valence electrons. The van der Waals surface area contributed by atoms with Gasteiger partial charge in [0.15, 0.2) is 0 Å². The number of halogens is 1. The summed E-state index contributed by atoms with van der Waals surface area (Å²) in [6.07, 6.45) is 9.59. The number of likely N-dealkylation sites (tertiary alicyclic amines) is 1. The zero-order chi connectivity index (χ0) is 30.2. The van der Waals surface area contributed by atoms with Crippen molar-refractivity contribution in [3.8, 4) is 6.07 Å². The lowest BCUT2D eigenvalue weighted by atomic mass is 9.47. The molecule has 5 fully saturated rings. The van der Waals surface area contributed by atoms with Gasteiger partial charge in [0.2, 0.25) is 5.95 Å². The van der Waals surface area contributed by atoms with Gasteiger partial charge in [-0.05, 0) is 101 Å². The fourth-order valence-corrected chi connectivity index (χ4v) is 8.77. The minimum Gasteiger partial charge on any atom is -0.444 e. The van der Waals surface area contributed by atoms with Gasteiger partial charge in [-0.25, -0.2) is 9.78 Å². The number of alkyl carbamates (subject to hydrolysis) is 1. The third kappa shape index (κ3) is 6.86. The zero-order valence-corrected chi connectivity index (χ0v) is 26.3. The van der Waals surface area contributed by atoms with Gasteiger partial charge in [-0.15, -0.1) is 0 Å². The molecule has 4 aliphatic carbocycles. The molecule has 1 aromatic carbocycles. The van der Waals surface area contributed by atoms with Crippen LogP contribution in [-0.2, 0) is 11.3 Å². The van der Waals surface area contributed by atoms with Crippen LogP contribution in [0.1, 0.15) is 76.8 Å². The minimum atomic E-state index is -0.476. The van der Waals surface area contributed by atoms with E-state index in [1.807, 2.05) is 45.0 Å². The number of nitriles is 1. The maximum Gasteiger partial charge on any atom is 0.407 e. The molecular formula is C33H44ClN7O2. The maximum absolute atomic E-state index is 12.3. The van der Waals surface area contributed by atoms with Crippen molar-refractivity contribution in [2.24, 2.45) is 23.2 Å². The first-order valence-electron chi connectivity index (χ1n) is 15.8. The van der Waals surface area contributed by atoms with E-state index in [-0.39, 0.29) is 17.6 Å². The summed E-state index contributed by atoms with van der Waals surface area (Å²) in [7, 11) is 0. The Morgan fingerprint density at radius 2 is 1.86 bits per heavy atom. The fraction of sp³-hybridized carbons (Fsp3) is 0.636. The van der Waals surface area contributed by atoms with E-state index in [0.29, 0.717) is 46.8 Å². The quantitative estimate of drug-likeness (QED) is 0.325. The Morgan fingerprint density at radius 1 is 1.14 bits per heavy atom. The lowest BCUT2D eigenvalue weighted by molar-refractivity contribution is -0.111. The average Bonchev–Trinajstić information content (AvgIpc) is 2.95. The molecule has 3 N–H and O–H groups in total. The molecule has 10 heteroatoms. The van der Waals surface area contributed by atoms with Gasteiger partial charge in [0.1, 0.15) is 23.1 Å². The van der Waals surface area contributed by atoms with E-state index in [1.54, 1.807) is 6.20 Å². The summed E-state index contributed by atoms with van der Waals surface area (Å²) >= 11 is 6.31. The molecule has 4 saturated carbocycles. The number of rotatable bonds is 8. The Balaban J connectivity index is 1.06. The number of nitrogens with one attached hydrogen (secondary N) is 3. The predicted molar refractivity (Wildman–Crippen MR) is 168 cm³/mol. The summed E-state index contributed by atoms with van der Waals surface area (Å²) in [6, 6.07) is 10.8. The molecule has 1 saturated heterocycles. The minimum absolute atomic E-state index is 0.185. The molecule has 2 aromatic rings. The van der Waals surface area contributed by atoms with Crippen molar-refractivity contribution in [2.45, 2.75) is 89.9 Å². The number of hydrogen-bond donors (Lipinski definition) is 3. The van der Waals surface area contributed by atoms with E-state index >= 15 is 0 Å². The Morgan fingerprint density at radius 3 is 2.53 bits per heavy atom. The number of aromatic nitrogens is 2. The Hall–Kier alpha value is -3.09. The molecule has 5 atom stereocenters. The van der Waals surface area contributed by atoms with E-state index in [0.717, 1.165) is 44.0 Å². The first-order valence-corrected chi connectivity index (χ1v) is 16.2. The normalized spacial score (nSPS) is 28.7. The van der Waals surface area contributed by atoms with Gasteiger partial charge in [0, 0.05) is 43.3 Å². The predicted octanol–water partition coefficient (Wildman–Crippen LogP) is 6.21. The number of carbonyl (C=O) groups is 1. The summed E-state index contributed by atoms with van der Waals surface area (Å²) in [5.41, 5.74) is 1.20. The topological polar surface area (TPSA) is 115 Å². The third-order valence-corrected chi connectivity index (χ3v) is 10.3. The highest BCUT2D eigenvalue weighted by atomic mass is 35.5. The van der Waals surface area contributed by atoms with Crippen LogP contribution in [0.15, 0.2) is 30.5 Å². The number of ether oxygens (including phenoxy) is 1. The highest BCUT2D eigenvalue weighted by Crippen LogP contribution is 2.61.